The largest absolute Gasteiger partial charge is 0.0125 e. The molecule has 0 heterocycles. The van der Waals surface area contributed by atoms with E-state index in [1.54, 1.807) is 0 Å². The molecular formula is H8AlCaFeMgOSi. The number of hydrogen-bond acceptors (Lipinski definition) is 1. The molecule has 0 aliphatic heterocycles. The molecule has 0 fully saturated rings. The molecular weight excluding hydrogens is 191 g/mol. The Hall–Kier alpha value is 3.09. The Morgan fingerprint density at radius 3 is 1.33 bits per heavy atom. The van der Waals surface area contributed by atoms with Gasteiger partial charge >= 0.3 is 80.8 Å². The van der Waals surface area contributed by atoms with E-state index >= 15 is 0 Å². The second-order valence-electron chi connectivity index (χ2n) is 0. The summed E-state index contributed by atoms with van der Waals surface area (Å²) in [7, 11) is 0. The van der Waals surface area contributed by atoms with E-state index in [1.165, 1.54) is 0 Å². The Morgan fingerprint density at radius 2 is 1.33 bits per heavy atom. The van der Waals surface area contributed by atoms with E-state index in [9.17, 15) is 0 Å². The molecule has 0 atom stereocenters. The van der Waals surface area contributed by atoms with Gasteiger partial charge in [0.15, 0.2) is 0 Å². The van der Waals surface area contributed by atoms with Gasteiger partial charge in [0.05, 0.1) is 0 Å². The summed E-state index contributed by atoms with van der Waals surface area (Å²) < 4.78 is 8.28. The number of hydrogen-bond donors (Lipinski definition) is 0. The van der Waals surface area contributed by atoms with Crippen LogP contribution in [-0.4, -0.2) is 88.0 Å². The summed E-state index contributed by atoms with van der Waals surface area (Å²) in [6.07, 6.45) is 0. The predicted molar refractivity (Wildman–Crippen MR) is 33.7 cm³/mol. The molecule has 0 spiro atoms. The van der Waals surface area contributed by atoms with Crippen LogP contribution >= 0.6 is 0 Å². The molecule has 0 rings (SSSR count). The molecule has 0 aromatic carbocycles. The second kappa shape index (κ2) is 42.5. The summed E-state index contributed by atoms with van der Waals surface area (Å²) >= 11 is 0.611. The summed E-state index contributed by atoms with van der Waals surface area (Å²) in [5, 5.41) is 0. The molecule has 0 aromatic rings. The summed E-state index contributed by atoms with van der Waals surface area (Å²) in [5.41, 5.74) is 0. The van der Waals surface area contributed by atoms with Gasteiger partial charge in [-0.1, -0.05) is 0 Å². The van der Waals surface area contributed by atoms with Crippen molar-refractivity contribution in [1.82, 2.24) is 0 Å². The van der Waals surface area contributed by atoms with E-state index in [1.807, 2.05) is 0 Å². The van der Waals surface area contributed by atoms with Gasteiger partial charge in [-0.05, 0) is 11.0 Å². The van der Waals surface area contributed by atoms with Crippen molar-refractivity contribution in [3.8, 4) is 0 Å². The van der Waals surface area contributed by atoms with Crippen LogP contribution in [0.3, 0.4) is 0 Å². The zero-order valence-electron chi connectivity index (χ0n) is 7.88. The maximum atomic E-state index is 8.28. The molecule has 6 heavy (non-hydrogen) atoms. The van der Waals surface area contributed by atoms with Gasteiger partial charge in [-0.2, -0.15) is 0 Å². The van der Waals surface area contributed by atoms with Crippen LogP contribution in [0.2, 0.25) is 0 Å². The minimum absolute atomic E-state index is 0. The van der Waals surface area contributed by atoms with Gasteiger partial charge in [-0.15, -0.1) is 0 Å². The molecule has 0 amide bonds. The minimum atomic E-state index is 0. The molecule has 0 saturated heterocycles. The molecule has 33 valence electrons. The fourth-order valence-corrected chi connectivity index (χ4v) is 0. The van der Waals surface area contributed by atoms with Crippen molar-refractivity contribution >= 4 is 88.0 Å². The smallest absolute Gasteiger partial charge is 0.0125 e. The van der Waals surface area contributed by atoms with Gasteiger partial charge in [0.1, 0.15) is 0 Å². The van der Waals surface area contributed by atoms with Gasteiger partial charge in [0, 0.05) is 17.1 Å². The maximum Gasteiger partial charge on any atom is -0.0125 e. The average molecular weight is 199 g/mol. The van der Waals surface area contributed by atoms with Crippen LogP contribution in [0.4, 0.5) is 0 Å². The van der Waals surface area contributed by atoms with Crippen LogP contribution in [0.15, 0.2) is 0 Å². The molecule has 0 bridgehead atoms. The van der Waals surface area contributed by atoms with E-state index in [0.717, 1.165) is 0 Å². The molecule has 0 N–H and O–H groups in total. The molecule has 0 saturated carbocycles. The van der Waals surface area contributed by atoms with Gasteiger partial charge in [0.25, 0.3) is 0 Å². The van der Waals surface area contributed by atoms with Gasteiger partial charge < -0.3 is 5.71 Å². The van der Waals surface area contributed by atoms with Crippen LogP contribution in [0.5, 0.6) is 0 Å². The summed E-state index contributed by atoms with van der Waals surface area (Å²) in [4.78, 5) is 0. The Balaban J connectivity index is -0.000000000179. The fraction of sp³-hybridized carbons (Fsp3) is 0. The first-order chi connectivity index (χ1) is 1.00. The standard InChI is InChI=1S/Al.Ca.Fe.Mg.O.H3Si.5H/h;;;;;1H3;;;;;/q;+2;;+2;;;;4*-1. The van der Waals surface area contributed by atoms with E-state index in [0.29, 0.717) is 16.2 Å². The second-order valence-corrected chi connectivity index (χ2v) is 0. The number of rotatable bonds is 0. The summed E-state index contributed by atoms with van der Waals surface area (Å²) in [6.45, 7) is 0. The van der Waals surface area contributed by atoms with Gasteiger partial charge in [-0.3, -0.25) is 0 Å². The zero-order chi connectivity index (χ0) is 2.00. The Labute approximate surface area is 113 Å². The molecule has 0 aliphatic carbocycles. The van der Waals surface area contributed by atoms with E-state index < -0.39 is 0 Å². The van der Waals surface area contributed by atoms with Crippen molar-refractivity contribution in [1.29, 1.82) is 0 Å². The van der Waals surface area contributed by atoms with Crippen molar-refractivity contribution in [2.24, 2.45) is 0 Å². The summed E-state index contributed by atoms with van der Waals surface area (Å²) in [5.74, 6) is 0. The first-order valence-corrected chi connectivity index (χ1v) is 0.866. The Kier molecular flexibility index (Phi) is 252. The third kappa shape index (κ3) is 27.5. The van der Waals surface area contributed by atoms with Gasteiger partial charge in [-0.25, -0.2) is 0 Å². The quantitative estimate of drug-likeness (QED) is 0.402. The first kappa shape index (κ1) is 35.5. The molecule has 0 aliphatic rings. The summed E-state index contributed by atoms with van der Waals surface area (Å²) in [6, 6.07) is 0. The van der Waals surface area contributed by atoms with E-state index in [4.69, 9.17) is 3.80 Å². The fourth-order valence-electron chi connectivity index (χ4n) is 0. The van der Waals surface area contributed by atoms with E-state index in [2.05, 4.69) is 0 Å². The van der Waals surface area contributed by atoms with Crippen molar-refractivity contribution < 1.29 is 26.6 Å². The van der Waals surface area contributed by atoms with Crippen molar-refractivity contribution in [2.75, 3.05) is 0 Å². The van der Waals surface area contributed by atoms with Crippen LogP contribution in [-0.2, 0) is 20.9 Å². The molecule has 0 unspecified atom stereocenters. The third-order valence-electron chi connectivity index (χ3n) is 0. The van der Waals surface area contributed by atoms with Crippen LogP contribution in [0.25, 0.3) is 0 Å². The van der Waals surface area contributed by atoms with Crippen LogP contribution < -0.4 is 0 Å². The van der Waals surface area contributed by atoms with Crippen molar-refractivity contribution in [3.05, 3.63) is 0 Å². The van der Waals surface area contributed by atoms with Crippen molar-refractivity contribution in [3.63, 3.8) is 0 Å². The molecule has 1 nitrogen and oxygen atoms in total. The average Bonchev–Trinajstić information content (AvgIpc) is 1.00. The molecule has 6 heteroatoms. The first-order valence-electron chi connectivity index (χ1n) is 0.289. The van der Waals surface area contributed by atoms with Crippen molar-refractivity contribution in [2.45, 2.75) is 0 Å². The predicted octanol–water partition coefficient (Wildman–Crippen LogP) is -2.27. The monoisotopic (exact) mass is 199 g/mol. The Morgan fingerprint density at radius 1 is 1.33 bits per heavy atom. The normalized spacial score (nSPS) is 0.500. The van der Waals surface area contributed by atoms with Crippen LogP contribution in [0.1, 0.15) is 5.71 Å². The third-order valence-corrected chi connectivity index (χ3v) is 0. The van der Waals surface area contributed by atoms with Gasteiger partial charge in [0.2, 0.25) is 0 Å². The SMILES string of the molecule is [Ca+2].[Fe].[H-].[H-].[H-].[H-].[Mg+2].[O]=[AlH].[SiH3]. The minimum Gasteiger partial charge on any atom is -0.0125 e. The molecule has 0 aromatic heterocycles. The zero-order valence-corrected chi connectivity index (χ0v) is 12.0. The topological polar surface area (TPSA) is 17.1 Å². The van der Waals surface area contributed by atoms with E-state index in [-0.39, 0.29) is 94.5 Å². The maximum absolute atomic E-state index is 8.28. The molecule has 1 radical (unpaired) electrons. The van der Waals surface area contributed by atoms with Crippen LogP contribution in [0, 0.1) is 0 Å². The Bertz CT molecular complexity index is 25.2.